The van der Waals surface area contributed by atoms with E-state index >= 15 is 0 Å². The van der Waals surface area contributed by atoms with Crippen molar-refractivity contribution in [3.63, 3.8) is 0 Å². The van der Waals surface area contributed by atoms with Crippen LogP contribution < -0.4 is 5.32 Å². The van der Waals surface area contributed by atoms with Crippen LogP contribution in [0.15, 0.2) is 24.3 Å². The molecule has 5 heteroatoms. The largest absolute Gasteiger partial charge is 0.478 e. The van der Waals surface area contributed by atoms with Gasteiger partial charge in [-0.1, -0.05) is 18.2 Å². The molecule has 1 aromatic rings. The molecule has 2 atom stereocenters. The highest BCUT2D eigenvalue weighted by Gasteiger charge is 2.27. The zero-order chi connectivity index (χ0) is 14.5. The van der Waals surface area contributed by atoms with Gasteiger partial charge in [0.2, 0.25) is 5.91 Å². The number of carbonyl (C=O) groups is 2. The second-order valence-electron chi connectivity index (χ2n) is 5.08. The molecule has 1 aliphatic rings. The molecule has 20 heavy (non-hydrogen) atoms. The van der Waals surface area contributed by atoms with Gasteiger partial charge in [-0.05, 0) is 31.4 Å². The average molecular weight is 277 g/mol. The van der Waals surface area contributed by atoms with Gasteiger partial charge >= 0.3 is 5.97 Å². The van der Waals surface area contributed by atoms with Crippen LogP contribution in [0.4, 0.5) is 0 Å². The summed E-state index contributed by atoms with van der Waals surface area (Å²) in [5, 5.41) is 11.9. The summed E-state index contributed by atoms with van der Waals surface area (Å²) in [6.45, 7) is 2.86. The SMILES string of the molecule is CC1CC(C(=O)NCCc2ccccc2C(=O)O)CO1. The minimum Gasteiger partial charge on any atom is -0.478 e. The van der Waals surface area contributed by atoms with Crippen molar-refractivity contribution in [3.05, 3.63) is 35.4 Å². The molecule has 5 nitrogen and oxygen atoms in total. The molecule has 2 rings (SSSR count). The van der Waals surface area contributed by atoms with Crippen molar-refractivity contribution in [1.29, 1.82) is 0 Å². The van der Waals surface area contributed by atoms with E-state index in [2.05, 4.69) is 5.32 Å². The Balaban J connectivity index is 1.84. The van der Waals surface area contributed by atoms with Crippen molar-refractivity contribution in [2.24, 2.45) is 5.92 Å². The highest BCUT2D eigenvalue weighted by Crippen LogP contribution is 2.19. The van der Waals surface area contributed by atoms with Crippen LogP contribution in [0.5, 0.6) is 0 Å². The highest BCUT2D eigenvalue weighted by molar-refractivity contribution is 5.89. The Hall–Kier alpha value is -1.88. The van der Waals surface area contributed by atoms with E-state index in [1.807, 2.05) is 6.92 Å². The van der Waals surface area contributed by atoms with Gasteiger partial charge in [0.1, 0.15) is 0 Å². The number of amides is 1. The summed E-state index contributed by atoms with van der Waals surface area (Å²) < 4.78 is 5.36. The molecule has 1 aromatic carbocycles. The van der Waals surface area contributed by atoms with Gasteiger partial charge in [-0.15, -0.1) is 0 Å². The Morgan fingerprint density at radius 1 is 1.40 bits per heavy atom. The molecule has 0 aliphatic carbocycles. The third-order valence-electron chi connectivity index (χ3n) is 3.51. The van der Waals surface area contributed by atoms with Crippen LogP contribution in [0, 0.1) is 5.92 Å². The molecular weight excluding hydrogens is 258 g/mol. The Kier molecular flexibility index (Phi) is 4.74. The fraction of sp³-hybridized carbons (Fsp3) is 0.467. The molecule has 0 aromatic heterocycles. The van der Waals surface area contributed by atoms with Crippen LogP contribution in [0.1, 0.15) is 29.3 Å². The van der Waals surface area contributed by atoms with E-state index in [9.17, 15) is 9.59 Å². The van der Waals surface area contributed by atoms with Crippen molar-refractivity contribution < 1.29 is 19.4 Å². The van der Waals surface area contributed by atoms with Gasteiger partial charge < -0.3 is 15.2 Å². The van der Waals surface area contributed by atoms with Crippen molar-refractivity contribution in [2.75, 3.05) is 13.2 Å². The number of aromatic carboxylic acids is 1. The van der Waals surface area contributed by atoms with Crippen LogP contribution >= 0.6 is 0 Å². The van der Waals surface area contributed by atoms with Crippen LogP contribution in [0.2, 0.25) is 0 Å². The van der Waals surface area contributed by atoms with E-state index in [-0.39, 0.29) is 17.9 Å². The second kappa shape index (κ2) is 6.52. The van der Waals surface area contributed by atoms with E-state index in [1.165, 1.54) is 0 Å². The lowest BCUT2D eigenvalue weighted by molar-refractivity contribution is -0.124. The standard InChI is InChI=1S/C15H19NO4/c1-10-8-12(9-20-10)14(17)16-7-6-11-4-2-3-5-13(11)15(18)19/h2-5,10,12H,6-9H2,1H3,(H,16,17)(H,18,19). The summed E-state index contributed by atoms with van der Waals surface area (Å²) in [5.41, 5.74) is 1.02. The maximum absolute atomic E-state index is 11.9. The average Bonchev–Trinajstić information content (AvgIpc) is 2.86. The number of ether oxygens (including phenoxy) is 1. The fourth-order valence-electron chi connectivity index (χ4n) is 2.41. The van der Waals surface area contributed by atoms with Gasteiger partial charge in [-0.2, -0.15) is 0 Å². The van der Waals surface area contributed by atoms with E-state index in [4.69, 9.17) is 9.84 Å². The number of rotatable bonds is 5. The van der Waals surface area contributed by atoms with Crippen molar-refractivity contribution >= 4 is 11.9 Å². The zero-order valence-electron chi connectivity index (χ0n) is 11.5. The van der Waals surface area contributed by atoms with Gasteiger partial charge in [0.15, 0.2) is 0 Å². The molecule has 1 fully saturated rings. The van der Waals surface area contributed by atoms with E-state index in [0.29, 0.717) is 25.1 Å². The maximum Gasteiger partial charge on any atom is 0.335 e. The van der Waals surface area contributed by atoms with Crippen LogP contribution in [-0.4, -0.2) is 36.2 Å². The highest BCUT2D eigenvalue weighted by atomic mass is 16.5. The molecule has 0 radical (unpaired) electrons. The molecule has 2 unspecified atom stereocenters. The summed E-state index contributed by atoms with van der Waals surface area (Å²) in [6.07, 6.45) is 1.40. The minimum absolute atomic E-state index is 0.0119. The summed E-state index contributed by atoms with van der Waals surface area (Å²) in [6, 6.07) is 6.85. The quantitative estimate of drug-likeness (QED) is 0.854. The second-order valence-corrected chi connectivity index (χ2v) is 5.08. The minimum atomic E-state index is -0.940. The van der Waals surface area contributed by atoms with Crippen LogP contribution in [0.25, 0.3) is 0 Å². The smallest absolute Gasteiger partial charge is 0.335 e. The number of benzene rings is 1. The Bertz CT molecular complexity index is 500. The first-order chi connectivity index (χ1) is 9.58. The van der Waals surface area contributed by atoms with Crippen LogP contribution in [-0.2, 0) is 16.0 Å². The summed E-state index contributed by atoms with van der Waals surface area (Å²) >= 11 is 0. The van der Waals surface area contributed by atoms with E-state index in [0.717, 1.165) is 12.0 Å². The Morgan fingerprint density at radius 3 is 2.80 bits per heavy atom. The van der Waals surface area contributed by atoms with Gasteiger partial charge in [0.05, 0.1) is 24.2 Å². The first-order valence-electron chi connectivity index (χ1n) is 6.78. The fourth-order valence-corrected chi connectivity index (χ4v) is 2.41. The van der Waals surface area contributed by atoms with Gasteiger partial charge in [0.25, 0.3) is 0 Å². The molecular formula is C15H19NO4. The number of nitrogens with one attached hydrogen (secondary N) is 1. The molecule has 0 spiro atoms. The van der Waals surface area contributed by atoms with Crippen LogP contribution in [0.3, 0.4) is 0 Å². The first-order valence-corrected chi connectivity index (χ1v) is 6.78. The first kappa shape index (κ1) is 14.5. The summed E-state index contributed by atoms with van der Waals surface area (Å²) in [4.78, 5) is 23.0. The zero-order valence-corrected chi connectivity index (χ0v) is 11.5. The normalized spacial score (nSPS) is 21.6. The topological polar surface area (TPSA) is 75.6 Å². The molecule has 0 saturated carbocycles. The summed E-state index contributed by atoms with van der Waals surface area (Å²) in [5.74, 6) is -1.04. The lowest BCUT2D eigenvalue weighted by Gasteiger charge is -2.10. The molecule has 0 bridgehead atoms. The number of hydrogen-bond donors (Lipinski definition) is 2. The van der Waals surface area contributed by atoms with Crippen molar-refractivity contribution in [3.8, 4) is 0 Å². The molecule has 1 aliphatic heterocycles. The van der Waals surface area contributed by atoms with Gasteiger partial charge in [0, 0.05) is 6.54 Å². The third kappa shape index (κ3) is 3.57. The van der Waals surface area contributed by atoms with Gasteiger partial charge in [-0.3, -0.25) is 4.79 Å². The molecule has 1 saturated heterocycles. The monoisotopic (exact) mass is 277 g/mol. The number of carboxylic acid groups (broad SMARTS) is 1. The molecule has 1 heterocycles. The molecule has 2 N–H and O–H groups in total. The van der Waals surface area contributed by atoms with Gasteiger partial charge in [-0.25, -0.2) is 4.79 Å². The number of carboxylic acids is 1. The predicted octanol–water partition coefficient (Wildman–Crippen LogP) is 1.47. The lowest BCUT2D eigenvalue weighted by Crippen LogP contribution is -2.32. The van der Waals surface area contributed by atoms with E-state index in [1.54, 1.807) is 24.3 Å². The Morgan fingerprint density at radius 2 is 2.15 bits per heavy atom. The summed E-state index contributed by atoms with van der Waals surface area (Å²) in [7, 11) is 0. The molecule has 1 amide bonds. The van der Waals surface area contributed by atoms with Crippen molar-refractivity contribution in [1.82, 2.24) is 5.32 Å². The van der Waals surface area contributed by atoms with Crippen molar-refractivity contribution in [2.45, 2.75) is 25.9 Å². The van der Waals surface area contributed by atoms with E-state index < -0.39 is 5.97 Å². The molecule has 108 valence electrons. The number of carbonyl (C=O) groups excluding carboxylic acids is 1. The number of hydrogen-bond acceptors (Lipinski definition) is 3. The third-order valence-corrected chi connectivity index (χ3v) is 3.51. The predicted molar refractivity (Wildman–Crippen MR) is 73.6 cm³/mol. The maximum atomic E-state index is 11.9. The Labute approximate surface area is 117 Å². The lowest BCUT2D eigenvalue weighted by atomic mass is 10.0.